The number of fused-ring (bicyclic) bond motifs is 1. The number of nitrogens with zero attached hydrogens (tertiary/aromatic N) is 2. The number of rotatable bonds is 3. The molecule has 1 aliphatic carbocycles. The van der Waals surface area contributed by atoms with E-state index in [4.69, 9.17) is 10.00 Å². The lowest BCUT2D eigenvalue weighted by Gasteiger charge is -2.21. The highest BCUT2D eigenvalue weighted by atomic mass is 16.5. The van der Waals surface area contributed by atoms with Crippen LogP contribution in [0, 0.1) is 28.6 Å². The number of piperidine rings is 1. The molecule has 3 rings (SSSR count). The van der Waals surface area contributed by atoms with Gasteiger partial charge in [0.15, 0.2) is 0 Å². The van der Waals surface area contributed by atoms with Crippen molar-refractivity contribution in [3.8, 4) is 11.8 Å². The molecule has 108 valence electrons. The van der Waals surface area contributed by atoms with Crippen molar-refractivity contribution >= 4 is 11.8 Å². The first-order valence-corrected chi connectivity index (χ1v) is 6.84. The topological polar surface area (TPSA) is 70.4 Å². The average molecular weight is 284 g/mol. The molecule has 5 nitrogen and oxygen atoms in total. The molecule has 2 aliphatic rings. The molecule has 0 aromatic heterocycles. The van der Waals surface area contributed by atoms with Crippen molar-refractivity contribution in [2.24, 2.45) is 17.3 Å². The van der Waals surface area contributed by atoms with E-state index >= 15 is 0 Å². The van der Waals surface area contributed by atoms with E-state index in [1.54, 1.807) is 18.2 Å². The Morgan fingerprint density at radius 2 is 1.90 bits per heavy atom. The summed E-state index contributed by atoms with van der Waals surface area (Å²) in [6, 6.07) is 7.05. The van der Waals surface area contributed by atoms with Crippen LogP contribution in [0.15, 0.2) is 18.2 Å². The van der Waals surface area contributed by atoms with Gasteiger partial charge in [0, 0.05) is 5.56 Å². The molecular weight excluding hydrogens is 268 g/mol. The smallest absolute Gasteiger partial charge is 0.233 e. The third-order valence-corrected chi connectivity index (χ3v) is 4.63. The molecule has 1 aliphatic heterocycles. The molecule has 1 saturated heterocycles. The van der Waals surface area contributed by atoms with Gasteiger partial charge in [-0.2, -0.15) is 5.26 Å². The quantitative estimate of drug-likeness (QED) is 0.792. The molecule has 5 heteroatoms. The van der Waals surface area contributed by atoms with Gasteiger partial charge in [0.25, 0.3) is 0 Å². The summed E-state index contributed by atoms with van der Waals surface area (Å²) in [7, 11) is 1.53. The summed E-state index contributed by atoms with van der Waals surface area (Å²) in [6.45, 7) is 4.07. The lowest BCUT2D eigenvalue weighted by atomic mass is 10.0. The van der Waals surface area contributed by atoms with Crippen molar-refractivity contribution in [3.63, 3.8) is 0 Å². The van der Waals surface area contributed by atoms with Gasteiger partial charge in [0.2, 0.25) is 11.8 Å². The number of ether oxygens (including phenoxy) is 1. The van der Waals surface area contributed by atoms with E-state index in [0.29, 0.717) is 16.9 Å². The van der Waals surface area contributed by atoms with E-state index in [2.05, 4.69) is 6.07 Å². The number of hydrogen-bond donors (Lipinski definition) is 0. The van der Waals surface area contributed by atoms with Crippen molar-refractivity contribution in [2.45, 2.75) is 20.4 Å². The fourth-order valence-corrected chi connectivity index (χ4v) is 3.30. The Hall–Kier alpha value is -2.35. The highest BCUT2D eigenvalue weighted by Gasteiger charge is 2.72. The average Bonchev–Trinajstić information content (AvgIpc) is 2.94. The van der Waals surface area contributed by atoms with Crippen LogP contribution in [0.5, 0.6) is 5.75 Å². The number of carbonyl (C=O) groups is 2. The number of imide groups is 1. The number of benzene rings is 1. The third-order valence-electron chi connectivity index (χ3n) is 4.63. The summed E-state index contributed by atoms with van der Waals surface area (Å²) < 4.78 is 5.25. The van der Waals surface area contributed by atoms with E-state index in [-0.39, 0.29) is 35.6 Å². The Bertz CT molecular complexity index is 663. The largest absolute Gasteiger partial charge is 0.496 e. The van der Waals surface area contributed by atoms with Crippen molar-refractivity contribution in [1.82, 2.24) is 4.90 Å². The number of carbonyl (C=O) groups excluding carboxylic acids is 2. The van der Waals surface area contributed by atoms with E-state index in [1.807, 2.05) is 13.8 Å². The zero-order chi connectivity index (χ0) is 15.4. The van der Waals surface area contributed by atoms with Crippen LogP contribution in [0.4, 0.5) is 0 Å². The second-order valence-electron chi connectivity index (χ2n) is 6.18. The molecule has 2 fully saturated rings. The van der Waals surface area contributed by atoms with Gasteiger partial charge in [-0.15, -0.1) is 0 Å². The first-order valence-electron chi connectivity index (χ1n) is 6.84. The van der Waals surface area contributed by atoms with Crippen molar-refractivity contribution in [2.75, 3.05) is 7.11 Å². The van der Waals surface area contributed by atoms with Crippen LogP contribution in [0.25, 0.3) is 0 Å². The lowest BCUT2D eigenvalue weighted by Crippen LogP contribution is -2.35. The second-order valence-corrected chi connectivity index (χ2v) is 6.18. The lowest BCUT2D eigenvalue weighted by molar-refractivity contribution is -0.143. The van der Waals surface area contributed by atoms with E-state index < -0.39 is 0 Å². The second kappa shape index (κ2) is 4.32. The van der Waals surface area contributed by atoms with Gasteiger partial charge in [-0.3, -0.25) is 14.5 Å². The Morgan fingerprint density at radius 1 is 1.29 bits per heavy atom. The number of hydrogen-bond acceptors (Lipinski definition) is 4. The monoisotopic (exact) mass is 284 g/mol. The van der Waals surface area contributed by atoms with Crippen LogP contribution in [0.2, 0.25) is 0 Å². The molecule has 2 atom stereocenters. The van der Waals surface area contributed by atoms with Crippen molar-refractivity contribution in [3.05, 3.63) is 29.3 Å². The maximum Gasteiger partial charge on any atom is 0.233 e. The molecule has 0 radical (unpaired) electrons. The molecule has 0 spiro atoms. The zero-order valence-corrected chi connectivity index (χ0v) is 12.2. The minimum atomic E-state index is -0.205. The van der Waals surface area contributed by atoms with Crippen LogP contribution < -0.4 is 4.74 Å². The molecule has 0 bridgehead atoms. The minimum Gasteiger partial charge on any atom is -0.496 e. The Labute approximate surface area is 123 Å². The summed E-state index contributed by atoms with van der Waals surface area (Å²) in [5.41, 5.74) is 0.955. The maximum atomic E-state index is 12.3. The number of amides is 2. The summed E-state index contributed by atoms with van der Waals surface area (Å²) in [6.07, 6.45) is 0. The van der Waals surface area contributed by atoms with Crippen molar-refractivity contribution in [1.29, 1.82) is 5.26 Å². The summed E-state index contributed by atoms with van der Waals surface area (Å²) >= 11 is 0. The van der Waals surface area contributed by atoms with Gasteiger partial charge in [0.1, 0.15) is 5.75 Å². The van der Waals surface area contributed by atoms with Crippen LogP contribution in [0.1, 0.15) is 25.0 Å². The highest BCUT2D eigenvalue weighted by molar-refractivity contribution is 6.10. The highest BCUT2D eigenvalue weighted by Crippen LogP contribution is 2.63. The van der Waals surface area contributed by atoms with Crippen molar-refractivity contribution < 1.29 is 14.3 Å². The van der Waals surface area contributed by atoms with Gasteiger partial charge >= 0.3 is 0 Å². The molecule has 0 N–H and O–H groups in total. The molecule has 1 aromatic rings. The first kappa shape index (κ1) is 13.6. The molecule has 1 aromatic carbocycles. The van der Waals surface area contributed by atoms with Crippen LogP contribution in [0.3, 0.4) is 0 Å². The summed E-state index contributed by atoms with van der Waals surface area (Å²) in [4.78, 5) is 26.0. The van der Waals surface area contributed by atoms with Gasteiger partial charge in [-0.05, 0) is 23.6 Å². The van der Waals surface area contributed by atoms with E-state index in [0.717, 1.165) is 0 Å². The first-order chi connectivity index (χ1) is 9.91. The van der Waals surface area contributed by atoms with Gasteiger partial charge in [0.05, 0.1) is 37.1 Å². The SMILES string of the molecule is COc1ccc(C#N)cc1CN1C(=O)C2C(C1=O)C2(C)C. The molecule has 1 saturated carbocycles. The van der Waals surface area contributed by atoms with Gasteiger partial charge in [-0.1, -0.05) is 13.8 Å². The van der Waals surface area contributed by atoms with Gasteiger partial charge in [-0.25, -0.2) is 0 Å². The van der Waals surface area contributed by atoms with Gasteiger partial charge < -0.3 is 4.74 Å². The van der Waals surface area contributed by atoms with E-state index in [9.17, 15) is 9.59 Å². The standard InChI is InChI=1S/C16H16N2O3/c1-16(2)12-13(16)15(20)18(14(12)19)8-10-6-9(7-17)4-5-11(10)21-3/h4-6,12-13H,8H2,1-3H3. The summed E-state index contributed by atoms with van der Waals surface area (Å²) in [5.74, 6) is -0.0152. The third kappa shape index (κ3) is 1.83. The maximum absolute atomic E-state index is 12.3. The fourth-order valence-electron chi connectivity index (χ4n) is 3.30. The van der Waals surface area contributed by atoms with Crippen LogP contribution in [-0.4, -0.2) is 23.8 Å². The number of methoxy groups -OCH3 is 1. The predicted octanol–water partition coefficient (Wildman–Crippen LogP) is 1.71. The predicted molar refractivity (Wildman–Crippen MR) is 74.0 cm³/mol. The minimum absolute atomic E-state index is 0.112. The number of likely N-dealkylation sites (tertiary alicyclic amines) is 1. The normalized spacial score (nSPS) is 25.5. The molecule has 1 heterocycles. The molecule has 21 heavy (non-hydrogen) atoms. The Kier molecular flexibility index (Phi) is 2.80. The van der Waals surface area contributed by atoms with E-state index in [1.165, 1.54) is 12.0 Å². The van der Waals surface area contributed by atoms with Crippen LogP contribution in [-0.2, 0) is 16.1 Å². The Balaban J connectivity index is 1.87. The zero-order valence-electron chi connectivity index (χ0n) is 12.2. The molecule has 2 unspecified atom stereocenters. The Morgan fingerprint density at radius 3 is 2.43 bits per heavy atom. The fraction of sp³-hybridized carbons (Fsp3) is 0.438. The summed E-state index contributed by atoms with van der Waals surface area (Å²) in [5, 5.41) is 8.97. The molecular formula is C16H16N2O3. The number of nitriles is 1. The van der Waals surface area contributed by atoms with Crippen LogP contribution >= 0.6 is 0 Å². The molecule has 2 amide bonds.